The highest BCUT2D eigenvalue weighted by molar-refractivity contribution is 8.00. The van der Waals surface area contributed by atoms with Crippen molar-refractivity contribution in [3.8, 4) is 11.3 Å². The summed E-state index contributed by atoms with van der Waals surface area (Å²) in [5.41, 5.74) is 9.48. The molecule has 3 aromatic rings. The molecule has 3 nitrogen and oxygen atoms in total. The molecule has 0 bridgehead atoms. The first-order chi connectivity index (χ1) is 11.8. The van der Waals surface area contributed by atoms with E-state index in [2.05, 4.69) is 42.0 Å². The Morgan fingerprint density at radius 1 is 1.08 bits per heavy atom. The second-order valence-corrected chi connectivity index (χ2v) is 6.57. The molecule has 0 radical (unpaired) electrons. The van der Waals surface area contributed by atoms with E-state index in [0.29, 0.717) is 0 Å². The van der Waals surface area contributed by atoms with E-state index >= 15 is 0 Å². The van der Waals surface area contributed by atoms with E-state index in [1.54, 1.807) is 18.2 Å². The summed E-state index contributed by atoms with van der Waals surface area (Å²) in [6, 6.07) is 20.5. The van der Waals surface area contributed by atoms with Gasteiger partial charge in [-0.25, -0.2) is 0 Å². The van der Waals surface area contributed by atoms with Crippen LogP contribution in [0.5, 0.6) is 0 Å². The average molecular weight is 338 g/mol. The third-order valence-corrected chi connectivity index (χ3v) is 4.71. The fraction of sp³-hybridized carbons (Fsp3) is 0.200. The quantitative estimate of drug-likeness (QED) is 0.529. The zero-order valence-electron chi connectivity index (χ0n) is 13.7. The van der Waals surface area contributed by atoms with Crippen molar-refractivity contribution in [2.75, 3.05) is 4.72 Å². The summed E-state index contributed by atoms with van der Waals surface area (Å²) < 4.78 is 9.05. The number of anilines is 1. The number of furan rings is 1. The van der Waals surface area contributed by atoms with Crippen LogP contribution >= 0.6 is 11.9 Å². The first-order valence-corrected chi connectivity index (χ1v) is 9.01. The molecule has 124 valence electrons. The van der Waals surface area contributed by atoms with Gasteiger partial charge in [0.2, 0.25) is 0 Å². The van der Waals surface area contributed by atoms with Crippen molar-refractivity contribution in [1.82, 2.24) is 0 Å². The number of rotatable bonds is 7. The van der Waals surface area contributed by atoms with Crippen molar-refractivity contribution in [2.24, 2.45) is 5.73 Å². The molecule has 3 rings (SSSR count). The van der Waals surface area contributed by atoms with Crippen molar-refractivity contribution in [1.29, 1.82) is 0 Å². The molecule has 4 heteroatoms. The molecule has 1 atom stereocenters. The lowest BCUT2D eigenvalue weighted by Crippen LogP contribution is -2.10. The van der Waals surface area contributed by atoms with Crippen LogP contribution in [0.4, 0.5) is 5.69 Å². The second-order valence-electron chi connectivity index (χ2n) is 5.69. The van der Waals surface area contributed by atoms with Gasteiger partial charge in [0.05, 0.1) is 12.0 Å². The Hall–Kier alpha value is -2.17. The van der Waals surface area contributed by atoms with Gasteiger partial charge in [-0.2, -0.15) is 0 Å². The highest BCUT2D eigenvalue weighted by Gasteiger charge is 2.12. The van der Waals surface area contributed by atoms with Crippen molar-refractivity contribution < 1.29 is 4.42 Å². The van der Waals surface area contributed by atoms with E-state index in [-0.39, 0.29) is 6.04 Å². The summed E-state index contributed by atoms with van der Waals surface area (Å²) in [4.78, 5) is 1.16. The minimum Gasteiger partial charge on any atom is -0.464 e. The maximum absolute atomic E-state index is 6.29. The van der Waals surface area contributed by atoms with Crippen LogP contribution in [0.2, 0.25) is 0 Å². The fourth-order valence-corrected chi connectivity index (χ4v) is 3.30. The lowest BCUT2D eigenvalue weighted by molar-refractivity contribution is 0.582. The molecule has 0 aliphatic rings. The summed E-state index contributed by atoms with van der Waals surface area (Å²) in [7, 11) is 0. The molecular formula is C20H22N2OS. The van der Waals surface area contributed by atoms with Crippen molar-refractivity contribution in [3.63, 3.8) is 0 Å². The second kappa shape index (κ2) is 8.08. The first kappa shape index (κ1) is 16.7. The van der Waals surface area contributed by atoms with Gasteiger partial charge in [0.25, 0.3) is 0 Å². The molecule has 0 saturated heterocycles. The number of hydrogen-bond donors (Lipinski definition) is 2. The molecule has 24 heavy (non-hydrogen) atoms. The van der Waals surface area contributed by atoms with E-state index < -0.39 is 0 Å². The third-order valence-electron chi connectivity index (χ3n) is 3.88. The van der Waals surface area contributed by atoms with E-state index in [9.17, 15) is 0 Å². The standard InChI is InChI=1S/C20H22N2OS/c1-2-7-18(21)15-11-12-19(17(14-15)20-10-6-13-23-20)22-24-16-8-4-3-5-9-16/h3-6,8-14,18,22H,2,7,21H2,1H3. The predicted octanol–water partition coefficient (Wildman–Crippen LogP) is 5.87. The Kier molecular flexibility index (Phi) is 5.62. The van der Waals surface area contributed by atoms with Crippen LogP contribution in [-0.2, 0) is 0 Å². The third kappa shape index (κ3) is 4.02. The molecular weight excluding hydrogens is 316 g/mol. The fourth-order valence-electron chi connectivity index (χ4n) is 2.60. The van der Waals surface area contributed by atoms with Crippen LogP contribution in [0.1, 0.15) is 31.4 Å². The van der Waals surface area contributed by atoms with E-state index in [0.717, 1.165) is 40.3 Å². The normalized spacial score (nSPS) is 12.1. The summed E-state index contributed by atoms with van der Waals surface area (Å²) >= 11 is 1.59. The van der Waals surface area contributed by atoms with Gasteiger partial charge in [0.15, 0.2) is 0 Å². The summed E-state index contributed by atoms with van der Waals surface area (Å²) in [5, 5.41) is 0. The Bertz CT molecular complexity index is 757. The largest absolute Gasteiger partial charge is 0.464 e. The first-order valence-electron chi connectivity index (χ1n) is 8.19. The van der Waals surface area contributed by atoms with Crippen LogP contribution in [0.3, 0.4) is 0 Å². The molecule has 0 aliphatic carbocycles. The lowest BCUT2D eigenvalue weighted by Gasteiger charge is -2.15. The van der Waals surface area contributed by atoms with Gasteiger partial charge in [-0.15, -0.1) is 0 Å². The summed E-state index contributed by atoms with van der Waals surface area (Å²) in [6.07, 6.45) is 3.74. The van der Waals surface area contributed by atoms with Crippen LogP contribution in [0.15, 0.2) is 76.2 Å². The topological polar surface area (TPSA) is 51.2 Å². The Morgan fingerprint density at radius 2 is 1.92 bits per heavy atom. The van der Waals surface area contributed by atoms with E-state index in [1.165, 1.54) is 0 Å². The highest BCUT2D eigenvalue weighted by Crippen LogP contribution is 2.34. The highest BCUT2D eigenvalue weighted by atomic mass is 32.2. The maximum atomic E-state index is 6.29. The smallest absolute Gasteiger partial charge is 0.135 e. The zero-order valence-corrected chi connectivity index (χ0v) is 14.6. The van der Waals surface area contributed by atoms with Gasteiger partial charge in [-0.1, -0.05) is 37.6 Å². The van der Waals surface area contributed by atoms with Crippen molar-refractivity contribution >= 4 is 17.6 Å². The molecule has 1 unspecified atom stereocenters. The lowest BCUT2D eigenvalue weighted by atomic mass is 9.99. The molecule has 3 N–H and O–H groups in total. The number of nitrogens with one attached hydrogen (secondary N) is 1. The molecule has 0 amide bonds. The van der Waals surface area contributed by atoms with Crippen molar-refractivity contribution in [3.05, 3.63) is 72.5 Å². The van der Waals surface area contributed by atoms with Gasteiger partial charge in [0, 0.05) is 16.5 Å². The maximum Gasteiger partial charge on any atom is 0.135 e. The van der Waals surface area contributed by atoms with Crippen LogP contribution < -0.4 is 10.5 Å². The molecule has 1 heterocycles. The van der Waals surface area contributed by atoms with E-state index in [4.69, 9.17) is 10.2 Å². The van der Waals surface area contributed by atoms with Gasteiger partial charge in [0.1, 0.15) is 5.76 Å². The molecule has 1 aromatic heterocycles. The molecule has 2 aromatic carbocycles. The number of benzene rings is 2. The Balaban J connectivity index is 1.87. The van der Waals surface area contributed by atoms with Gasteiger partial charge >= 0.3 is 0 Å². The number of nitrogens with two attached hydrogens (primary N) is 1. The Morgan fingerprint density at radius 3 is 2.62 bits per heavy atom. The van der Waals surface area contributed by atoms with Gasteiger partial charge in [-0.3, -0.25) is 0 Å². The zero-order chi connectivity index (χ0) is 16.8. The SMILES string of the molecule is CCCC(N)c1ccc(NSc2ccccc2)c(-c2ccco2)c1. The van der Waals surface area contributed by atoms with Gasteiger partial charge in [-0.05, 0) is 60.3 Å². The van der Waals surface area contributed by atoms with Crippen molar-refractivity contribution in [2.45, 2.75) is 30.7 Å². The summed E-state index contributed by atoms with van der Waals surface area (Å²) in [5.74, 6) is 0.844. The molecule has 0 saturated carbocycles. The Labute approximate surface area is 147 Å². The van der Waals surface area contributed by atoms with Crippen LogP contribution in [0, 0.1) is 0 Å². The average Bonchev–Trinajstić information content (AvgIpc) is 3.15. The predicted molar refractivity (Wildman–Crippen MR) is 102 cm³/mol. The number of hydrogen-bond acceptors (Lipinski definition) is 4. The van der Waals surface area contributed by atoms with Gasteiger partial charge < -0.3 is 14.9 Å². The monoisotopic (exact) mass is 338 g/mol. The van der Waals surface area contributed by atoms with E-state index in [1.807, 2.05) is 30.3 Å². The molecule has 0 fully saturated rings. The van der Waals surface area contributed by atoms with Crippen LogP contribution in [0.25, 0.3) is 11.3 Å². The minimum absolute atomic E-state index is 0.0551. The molecule has 0 aliphatic heterocycles. The minimum atomic E-state index is 0.0551. The molecule has 0 spiro atoms. The summed E-state index contributed by atoms with van der Waals surface area (Å²) in [6.45, 7) is 2.15. The van der Waals surface area contributed by atoms with Crippen LogP contribution in [-0.4, -0.2) is 0 Å².